The van der Waals surface area contributed by atoms with Crippen molar-refractivity contribution in [1.29, 1.82) is 0 Å². The lowest BCUT2D eigenvalue weighted by Gasteiger charge is -2.35. The van der Waals surface area contributed by atoms with E-state index >= 15 is 0 Å². The van der Waals surface area contributed by atoms with Gasteiger partial charge in [0.2, 0.25) is 5.43 Å². The van der Waals surface area contributed by atoms with E-state index in [0.29, 0.717) is 37.4 Å². The number of H-pyrrole nitrogens is 1. The molecule has 0 spiro atoms. The van der Waals surface area contributed by atoms with Crippen molar-refractivity contribution in [1.82, 2.24) is 14.9 Å². The van der Waals surface area contributed by atoms with E-state index in [1.54, 1.807) is 23.2 Å². The first-order valence-corrected chi connectivity index (χ1v) is 13.6. The number of aromatic nitrogens is 2. The second-order valence-corrected chi connectivity index (χ2v) is 10.5. The van der Waals surface area contributed by atoms with Crippen LogP contribution in [0.15, 0.2) is 82.7 Å². The zero-order chi connectivity index (χ0) is 26.0. The molecule has 0 aliphatic carbocycles. The van der Waals surface area contributed by atoms with Crippen LogP contribution in [0.4, 0.5) is 11.5 Å². The van der Waals surface area contributed by atoms with Gasteiger partial charge in [0, 0.05) is 55.2 Å². The van der Waals surface area contributed by atoms with Crippen LogP contribution in [0.3, 0.4) is 0 Å². The van der Waals surface area contributed by atoms with Crippen LogP contribution in [0.2, 0.25) is 0 Å². The highest BCUT2D eigenvalue weighted by Crippen LogP contribution is 2.21. The Hall–Kier alpha value is -4.18. The molecule has 2 aromatic carbocycles. The first-order valence-electron chi connectivity index (χ1n) is 12.1. The first-order chi connectivity index (χ1) is 17.9. The van der Waals surface area contributed by atoms with Crippen LogP contribution in [0.25, 0.3) is 10.9 Å². The molecule has 2 N–H and O–H groups in total. The highest BCUT2D eigenvalue weighted by Gasteiger charge is 2.25. The molecule has 1 aliphatic heterocycles. The number of fused-ring (bicyclic) bond motifs is 1. The predicted molar refractivity (Wildman–Crippen MR) is 144 cm³/mol. The lowest BCUT2D eigenvalue weighted by atomic mass is 10.1. The Morgan fingerprint density at radius 1 is 1.03 bits per heavy atom. The topological polar surface area (TPSA) is 115 Å². The van der Waals surface area contributed by atoms with Gasteiger partial charge in [-0.15, -0.1) is 0 Å². The van der Waals surface area contributed by atoms with Crippen molar-refractivity contribution in [3.05, 3.63) is 94.4 Å². The Labute approximate surface area is 214 Å². The Kier molecular flexibility index (Phi) is 6.66. The highest BCUT2D eigenvalue weighted by molar-refractivity contribution is 7.92. The van der Waals surface area contributed by atoms with Gasteiger partial charge in [-0.25, -0.2) is 13.4 Å². The van der Waals surface area contributed by atoms with Gasteiger partial charge >= 0.3 is 0 Å². The van der Waals surface area contributed by atoms with Crippen LogP contribution in [0.5, 0.6) is 0 Å². The van der Waals surface area contributed by atoms with Gasteiger partial charge in [0.1, 0.15) is 11.4 Å². The molecule has 10 heteroatoms. The van der Waals surface area contributed by atoms with E-state index in [1.807, 2.05) is 37.3 Å². The Balaban J connectivity index is 1.37. The third kappa shape index (κ3) is 5.05. The molecule has 0 atom stereocenters. The van der Waals surface area contributed by atoms with E-state index in [1.165, 1.54) is 24.4 Å². The van der Waals surface area contributed by atoms with Gasteiger partial charge < -0.3 is 14.8 Å². The molecule has 0 bridgehead atoms. The third-order valence-electron chi connectivity index (χ3n) is 6.55. The van der Waals surface area contributed by atoms with Gasteiger partial charge in [0.25, 0.3) is 15.9 Å². The van der Waals surface area contributed by atoms with Crippen molar-refractivity contribution in [2.75, 3.05) is 35.8 Å². The van der Waals surface area contributed by atoms with Crippen molar-refractivity contribution in [2.45, 2.75) is 18.2 Å². The summed E-state index contributed by atoms with van der Waals surface area (Å²) in [6.45, 7) is 4.11. The summed E-state index contributed by atoms with van der Waals surface area (Å²) >= 11 is 0. The second-order valence-electron chi connectivity index (χ2n) is 8.86. The maximum Gasteiger partial charge on any atom is 0.261 e. The van der Waals surface area contributed by atoms with Crippen LogP contribution in [0, 0.1) is 0 Å². The van der Waals surface area contributed by atoms with E-state index in [2.05, 4.69) is 19.6 Å². The average Bonchev–Trinajstić information content (AvgIpc) is 2.93. The largest absolute Gasteiger partial charge is 0.360 e. The van der Waals surface area contributed by atoms with Crippen molar-refractivity contribution in [3.63, 3.8) is 0 Å². The van der Waals surface area contributed by atoms with E-state index in [0.717, 1.165) is 17.8 Å². The molecular weight excluding hydrogens is 490 g/mol. The summed E-state index contributed by atoms with van der Waals surface area (Å²) in [5.74, 6) is 0.466. The molecule has 2 aromatic heterocycles. The molecule has 37 heavy (non-hydrogen) atoms. The number of nitrogens with zero attached hydrogens (tertiary/aromatic N) is 3. The number of pyridine rings is 2. The summed E-state index contributed by atoms with van der Waals surface area (Å²) < 4.78 is 28.6. The normalized spacial score (nSPS) is 14.1. The molecule has 0 unspecified atom stereocenters. The SMILES string of the molecule is CCc1ccc(NS(=O)(=O)c2ccc3[nH]cc(C(=O)N4CCN(c5ccccn5)CC4)c(=O)c3c2)cc1. The zero-order valence-electron chi connectivity index (χ0n) is 20.3. The molecular formula is C27H27N5O4S. The summed E-state index contributed by atoms with van der Waals surface area (Å²) in [5.41, 5.74) is 1.45. The molecule has 1 saturated heterocycles. The minimum Gasteiger partial charge on any atom is -0.360 e. The molecule has 0 saturated carbocycles. The fourth-order valence-corrected chi connectivity index (χ4v) is 5.48. The number of anilines is 2. The minimum atomic E-state index is -3.94. The number of aryl methyl sites for hydroxylation is 1. The fourth-order valence-electron chi connectivity index (χ4n) is 4.40. The number of carbonyl (C=O) groups excluding carboxylic acids is 1. The molecule has 0 radical (unpaired) electrons. The smallest absolute Gasteiger partial charge is 0.261 e. The third-order valence-corrected chi connectivity index (χ3v) is 7.93. The molecule has 1 amide bonds. The number of piperazine rings is 1. The summed E-state index contributed by atoms with van der Waals surface area (Å²) in [6, 6.07) is 17.1. The summed E-state index contributed by atoms with van der Waals surface area (Å²) in [5, 5.41) is 0.141. The standard InChI is InChI=1S/C27H27N5O4S/c1-2-19-6-8-20(9-7-19)30-37(35,36)21-10-11-24-22(17-21)26(33)23(18-29-24)27(34)32-15-13-31(14-16-32)25-5-3-4-12-28-25/h3-12,17-18,30H,2,13-16H2,1H3,(H,29,33). The lowest BCUT2D eigenvalue weighted by molar-refractivity contribution is 0.0745. The molecule has 9 nitrogen and oxygen atoms in total. The average molecular weight is 518 g/mol. The Morgan fingerprint density at radius 2 is 1.78 bits per heavy atom. The molecule has 190 valence electrons. The summed E-state index contributed by atoms with van der Waals surface area (Å²) in [4.78, 5) is 37.5. The number of amides is 1. The Morgan fingerprint density at radius 3 is 2.46 bits per heavy atom. The maximum atomic E-state index is 13.3. The molecule has 3 heterocycles. The van der Waals surface area contributed by atoms with Gasteiger partial charge in [-0.05, 0) is 54.4 Å². The van der Waals surface area contributed by atoms with E-state index < -0.39 is 15.5 Å². The van der Waals surface area contributed by atoms with Crippen molar-refractivity contribution in [3.8, 4) is 0 Å². The van der Waals surface area contributed by atoms with Crippen molar-refractivity contribution >= 4 is 38.3 Å². The maximum absolute atomic E-state index is 13.3. The number of rotatable bonds is 6. The number of sulfonamides is 1. The van der Waals surface area contributed by atoms with Crippen LogP contribution >= 0.6 is 0 Å². The summed E-state index contributed by atoms with van der Waals surface area (Å²) in [6.07, 6.45) is 3.98. The minimum absolute atomic E-state index is 0.0172. The van der Waals surface area contributed by atoms with Crippen LogP contribution in [-0.4, -0.2) is 55.4 Å². The number of hydrogen-bond donors (Lipinski definition) is 2. The molecule has 1 fully saturated rings. The van der Waals surface area contributed by atoms with Gasteiger partial charge in [-0.2, -0.15) is 0 Å². The van der Waals surface area contributed by atoms with Crippen LogP contribution < -0.4 is 15.1 Å². The highest BCUT2D eigenvalue weighted by atomic mass is 32.2. The number of benzene rings is 2. The van der Waals surface area contributed by atoms with Crippen molar-refractivity contribution < 1.29 is 13.2 Å². The van der Waals surface area contributed by atoms with Crippen LogP contribution in [0.1, 0.15) is 22.8 Å². The van der Waals surface area contributed by atoms with E-state index in [9.17, 15) is 18.0 Å². The quantitative estimate of drug-likeness (QED) is 0.406. The monoisotopic (exact) mass is 517 g/mol. The summed E-state index contributed by atoms with van der Waals surface area (Å²) in [7, 11) is -3.94. The van der Waals surface area contributed by atoms with Gasteiger partial charge in [0.05, 0.1) is 4.90 Å². The molecule has 4 aromatic rings. The second kappa shape index (κ2) is 10.1. The fraction of sp³-hybridized carbons (Fsp3) is 0.222. The predicted octanol–water partition coefficient (Wildman–Crippen LogP) is 3.25. The van der Waals surface area contributed by atoms with Gasteiger partial charge in [0.15, 0.2) is 0 Å². The number of hydrogen-bond acceptors (Lipinski definition) is 6. The van der Waals surface area contributed by atoms with Crippen LogP contribution in [-0.2, 0) is 16.4 Å². The van der Waals surface area contributed by atoms with E-state index in [4.69, 9.17) is 0 Å². The zero-order valence-corrected chi connectivity index (χ0v) is 21.2. The first kappa shape index (κ1) is 24.5. The lowest BCUT2D eigenvalue weighted by Crippen LogP contribution is -2.49. The number of carbonyl (C=O) groups is 1. The number of nitrogens with one attached hydrogen (secondary N) is 2. The van der Waals surface area contributed by atoms with Gasteiger partial charge in [-0.3, -0.25) is 14.3 Å². The van der Waals surface area contributed by atoms with Gasteiger partial charge in [-0.1, -0.05) is 25.1 Å². The number of aromatic amines is 1. The Bertz CT molecular complexity index is 1590. The molecule has 1 aliphatic rings. The molecule has 5 rings (SSSR count). The van der Waals surface area contributed by atoms with Crippen molar-refractivity contribution in [2.24, 2.45) is 0 Å². The van der Waals surface area contributed by atoms with E-state index in [-0.39, 0.29) is 21.8 Å².